The summed E-state index contributed by atoms with van der Waals surface area (Å²) >= 11 is 0. The van der Waals surface area contributed by atoms with Crippen molar-refractivity contribution >= 4 is 0 Å². The van der Waals surface area contributed by atoms with Crippen LogP contribution in [0.2, 0.25) is 0 Å². The van der Waals surface area contributed by atoms with Gasteiger partial charge in [0.05, 0.1) is 12.1 Å². The maximum atomic E-state index is 12.7. The van der Waals surface area contributed by atoms with Crippen LogP contribution in [0.3, 0.4) is 0 Å². The average molecular weight is 211 g/mol. The van der Waals surface area contributed by atoms with E-state index >= 15 is 0 Å². The molecule has 15 heavy (non-hydrogen) atoms. The van der Waals surface area contributed by atoms with Gasteiger partial charge in [-0.05, 0) is 19.5 Å². The third-order valence-corrected chi connectivity index (χ3v) is 2.56. The number of methoxy groups -OCH3 is 1. The van der Waals surface area contributed by atoms with Crippen molar-refractivity contribution in [2.24, 2.45) is 0 Å². The fraction of sp³-hybridized carbons (Fsp3) is 0.500. The summed E-state index contributed by atoms with van der Waals surface area (Å²) in [5.41, 5.74) is 2.19. The van der Waals surface area contributed by atoms with E-state index in [1.165, 1.54) is 5.56 Å². The summed E-state index contributed by atoms with van der Waals surface area (Å²) in [5.74, 6) is 0. The smallest absolute Gasteiger partial charge is 0.108 e. The van der Waals surface area contributed by atoms with E-state index < -0.39 is 6.67 Å². The molecule has 2 unspecified atom stereocenters. The van der Waals surface area contributed by atoms with Crippen LogP contribution in [0.1, 0.15) is 17.2 Å². The second-order valence-corrected chi connectivity index (χ2v) is 3.62. The van der Waals surface area contributed by atoms with Gasteiger partial charge in [-0.3, -0.25) is 0 Å². The van der Waals surface area contributed by atoms with E-state index in [1.807, 2.05) is 31.2 Å². The minimum atomic E-state index is -0.442. The first kappa shape index (κ1) is 12.1. The van der Waals surface area contributed by atoms with E-state index in [1.54, 1.807) is 14.2 Å². The summed E-state index contributed by atoms with van der Waals surface area (Å²) in [6.07, 6.45) is -0.236. The lowest BCUT2D eigenvalue weighted by molar-refractivity contribution is 0.0615. The van der Waals surface area contributed by atoms with Gasteiger partial charge in [0.2, 0.25) is 0 Å². The number of halogens is 1. The number of rotatable bonds is 5. The summed E-state index contributed by atoms with van der Waals surface area (Å²) in [5, 5.41) is 2.92. The predicted octanol–water partition coefficient (Wildman–Crippen LogP) is 2.24. The van der Waals surface area contributed by atoms with Crippen molar-refractivity contribution in [2.45, 2.75) is 19.1 Å². The van der Waals surface area contributed by atoms with Gasteiger partial charge in [-0.1, -0.05) is 29.8 Å². The van der Waals surface area contributed by atoms with Crippen molar-refractivity contribution in [3.8, 4) is 0 Å². The van der Waals surface area contributed by atoms with Crippen LogP contribution in [0.15, 0.2) is 24.3 Å². The third kappa shape index (κ3) is 3.01. The molecule has 2 atom stereocenters. The first-order valence-electron chi connectivity index (χ1n) is 5.05. The summed E-state index contributed by atoms with van der Waals surface area (Å²) in [6.45, 7) is 1.58. The molecule has 0 aliphatic heterocycles. The van der Waals surface area contributed by atoms with Crippen molar-refractivity contribution in [2.75, 3.05) is 20.8 Å². The van der Waals surface area contributed by atoms with Crippen LogP contribution in [-0.2, 0) is 4.74 Å². The zero-order valence-electron chi connectivity index (χ0n) is 9.46. The Morgan fingerprint density at radius 1 is 1.33 bits per heavy atom. The molecule has 0 saturated heterocycles. The highest BCUT2D eigenvalue weighted by molar-refractivity contribution is 5.24. The Balaban J connectivity index is 2.86. The quantitative estimate of drug-likeness (QED) is 0.806. The minimum Gasteiger partial charge on any atom is -0.375 e. The second kappa shape index (κ2) is 5.83. The normalized spacial score (nSPS) is 14.9. The molecule has 0 amide bonds. The van der Waals surface area contributed by atoms with E-state index in [-0.39, 0.29) is 12.1 Å². The summed E-state index contributed by atoms with van der Waals surface area (Å²) in [7, 11) is 3.34. The lowest BCUT2D eigenvalue weighted by atomic mass is 10.0. The molecule has 0 fully saturated rings. The Morgan fingerprint density at radius 2 is 1.93 bits per heavy atom. The molecule has 1 rings (SSSR count). The molecule has 2 nitrogen and oxygen atoms in total. The maximum Gasteiger partial charge on any atom is 0.108 e. The van der Waals surface area contributed by atoms with E-state index in [2.05, 4.69) is 5.32 Å². The Kier molecular flexibility index (Phi) is 4.72. The molecule has 3 heteroatoms. The van der Waals surface area contributed by atoms with Gasteiger partial charge < -0.3 is 10.1 Å². The largest absolute Gasteiger partial charge is 0.375 e. The van der Waals surface area contributed by atoms with Crippen molar-refractivity contribution in [1.82, 2.24) is 5.32 Å². The molecule has 0 aromatic heterocycles. The Bertz CT molecular complexity index is 282. The van der Waals surface area contributed by atoms with E-state index in [9.17, 15) is 4.39 Å². The second-order valence-electron chi connectivity index (χ2n) is 3.62. The summed E-state index contributed by atoms with van der Waals surface area (Å²) < 4.78 is 18.0. The van der Waals surface area contributed by atoms with Gasteiger partial charge in [0.1, 0.15) is 6.67 Å². The Hall–Kier alpha value is -0.930. The van der Waals surface area contributed by atoms with Gasteiger partial charge in [-0.2, -0.15) is 0 Å². The number of alkyl halides is 1. The number of nitrogens with one attached hydrogen (secondary N) is 1. The summed E-state index contributed by atoms with van der Waals surface area (Å²) in [6, 6.07) is 7.67. The van der Waals surface area contributed by atoms with Gasteiger partial charge >= 0.3 is 0 Å². The van der Waals surface area contributed by atoms with Crippen LogP contribution in [-0.4, -0.2) is 26.9 Å². The first-order valence-corrected chi connectivity index (χ1v) is 5.05. The fourth-order valence-corrected chi connectivity index (χ4v) is 1.60. The van der Waals surface area contributed by atoms with Crippen molar-refractivity contribution in [3.63, 3.8) is 0 Å². The van der Waals surface area contributed by atoms with Crippen LogP contribution in [0.4, 0.5) is 4.39 Å². The van der Waals surface area contributed by atoms with Gasteiger partial charge in [-0.15, -0.1) is 0 Å². The molecule has 0 spiro atoms. The molecular weight excluding hydrogens is 193 g/mol. The minimum absolute atomic E-state index is 0.236. The monoisotopic (exact) mass is 211 g/mol. The Labute approximate surface area is 90.4 Å². The average Bonchev–Trinajstić information content (AvgIpc) is 2.27. The number of hydrogen-bond acceptors (Lipinski definition) is 2. The lowest BCUT2D eigenvalue weighted by Crippen LogP contribution is -2.35. The molecule has 0 aliphatic carbocycles. The van der Waals surface area contributed by atoms with Crippen LogP contribution in [0.5, 0.6) is 0 Å². The molecule has 1 N–H and O–H groups in total. The predicted molar refractivity (Wildman–Crippen MR) is 59.8 cm³/mol. The molecule has 0 saturated carbocycles. The highest BCUT2D eigenvalue weighted by atomic mass is 19.1. The molecule has 1 aromatic carbocycles. The zero-order valence-corrected chi connectivity index (χ0v) is 9.46. The third-order valence-electron chi connectivity index (χ3n) is 2.56. The van der Waals surface area contributed by atoms with E-state index in [0.717, 1.165) is 5.56 Å². The number of aryl methyl sites for hydroxylation is 1. The van der Waals surface area contributed by atoms with Crippen LogP contribution in [0.25, 0.3) is 0 Å². The van der Waals surface area contributed by atoms with E-state index in [0.29, 0.717) is 0 Å². The molecule has 84 valence electrons. The van der Waals surface area contributed by atoms with Crippen LogP contribution >= 0.6 is 0 Å². The van der Waals surface area contributed by atoms with Gasteiger partial charge in [-0.25, -0.2) is 4.39 Å². The molecule has 0 aliphatic rings. The highest BCUT2D eigenvalue weighted by Crippen LogP contribution is 2.21. The van der Waals surface area contributed by atoms with Crippen molar-refractivity contribution in [1.29, 1.82) is 0 Å². The van der Waals surface area contributed by atoms with Crippen LogP contribution in [0, 0.1) is 6.92 Å². The maximum absolute atomic E-state index is 12.7. The summed E-state index contributed by atoms with van der Waals surface area (Å²) in [4.78, 5) is 0. The molecular formula is C12H18FNO. The van der Waals surface area contributed by atoms with Crippen molar-refractivity contribution < 1.29 is 9.13 Å². The molecule has 0 radical (unpaired) electrons. The SMILES string of the molecule is CNC(CF)C(OC)c1ccc(C)cc1. The lowest BCUT2D eigenvalue weighted by Gasteiger charge is -2.23. The van der Waals surface area contributed by atoms with Gasteiger partial charge in [0, 0.05) is 7.11 Å². The standard InChI is InChI=1S/C12H18FNO/c1-9-4-6-10(7-5-9)12(15-3)11(8-13)14-2/h4-7,11-12,14H,8H2,1-3H3. The number of likely N-dealkylation sites (N-methyl/N-ethyl adjacent to an activating group) is 1. The van der Waals surface area contributed by atoms with Gasteiger partial charge in [0.25, 0.3) is 0 Å². The zero-order chi connectivity index (χ0) is 11.3. The fourth-order valence-electron chi connectivity index (χ4n) is 1.60. The number of hydrogen-bond donors (Lipinski definition) is 1. The van der Waals surface area contributed by atoms with Crippen LogP contribution < -0.4 is 5.32 Å². The van der Waals surface area contributed by atoms with E-state index in [4.69, 9.17) is 4.74 Å². The number of ether oxygens (including phenoxy) is 1. The molecule has 1 aromatic rings. The highest BCUT2D eigenvalue weighted by Gasteiger charge is 2.21. The Morgan fingerprint density at radius 3 is 2.33 bits per heavy atom. The molecule has 0 heterocycles. The first-order chi connectivity index (χ1) is 7.22. The van der Waals surface area contributed by atoms with Crippen molar-refractivity contribution in [3.05, 3.63) is 35.4 Å². The number of benzene rings is 1. The van der Waals surface area contributed by atoms with Gasteiger partial charge in [0.15, 0.2) is 0 Å². The molecule has 0 bridgehead atoms. The topological polar surface area (TPSA) is 21.3 Å².